The molecular weight excluding hydrogens is 224 g/mol. The summed E-state index contributed by atoms with van der Waals surface area (Å²) in [5.74, 6) is 0.733. The maximum Gasteiger partial charge on any atom is 0.157 e. The van der Waals surface area contributed by atoms with Crippen molar-refractivity contribution in [2.75, 3.05) is 6.54 Å². The van der Waals surface area contributed by atoms with Crippen molar-refractivity contribution in [1.82, 2.24) is 4.90 Å². The van der Waals surface area contributed by atoms with Crippen LogP contribution in [0.25, 0.3) is 0 Å². The Balaban J connectivity index is 1.85. The third kappa shape index (κ3) is 1.92. The lowest BCUT2D eigenvalue weighted by molar-refractivity contribution is 0.196. The Morgan fingerprint density at radius 1 is 1.17 bits per heavy atom. The van der Waals surface area contributed by atoms with Gasteiger partial charge in [-0.1, -0.05) is 24.3 Å². The van der Waals surface area contributed by atoms with Gasteiger partial charge in [-0.2, -0.15) is 5.26 Å². The van der Waals surface area contributed by atoms with Gasteiger partial charge >= 0.3 is 0 Å². The van der Waals surface area contributed by atoms with E-state index in [4.69, 9.17) is 4.42 Å². The predicted molar refractivity (Wildman–Crippen MR) is 67.6 cm³/mol. The zero-order valence-corrected chi connectivity index (χ0v) is 10.0. The minimum absolute atomic E-state index is 0.284. The monoisotopic (exact) mass is 238 g/mol. The van der Waals surface area contributed by atoms with Gasteiger partial charge in [-0.05, 0) is 29.7 Å². The van der Waals surface area contributed by atoms with E-state index in [0.717, 1.165) is 25.3 Å². The molecule has 0 amide bonds. The van der Waals surface area contributed by atoms with Crippen LogP contribution in [0.15, 0.2) is 47.1 Å². The molecule has 0 saturated heterocycles. The fourth-order valence-corrected chi connectivity index (χ4v) is 2.51. The van der Waals surface area contributed by atoms with Gasteiger partial charge in [0, 0.05) is 13.1 Å². The van der Waals surface area contributed by atoms with Crippen LogP contribution in [0.1, 0.15) is 22.9 Å². The van der Waals surface area contributed by atoms with Crippen molar-refractivity contribution in [2.45, 2.75) is 19.0 Å². The fourth-order valence-electron chi connectivity index (χ4n) is 2.51. The first-order valence-electron chi connectivity index (χ1n) is 6.12. The number of nitriles is 1. The minimum Gasteiger partial charge on any atom is -0.467 e. The highest BCUT2D eigenvalue weighted by Crippen LogP contribution is 2.27. The Labute approximate surface area is 106 Å². The molecule has 90 valence electrons. The van der Waals surface area contributed by atoms with E-state index in [2.05, 4.69) is 35.2 Å². The largest absolute Gasteiger partial charge is 0.467 e. The second-order valence-electron chi connectivity index (χ2n) is 4.54. The van der Waals surface area contributed by atoms with Gasteiger partial charge in [0.25, 0.3) is 0 Å². The molecule has 2 aromatic rings. The molecular formula is C15H14N2O. The van der Waals surface area contributed by atoms with E-state index in [0.29, 0.717) is 0 Å². The predicted octanol–water partition coefficient (Wildman–Crippen LogP) is 2.90. The molecule has 3 rings (SSSR count). The summed E-state index contributed by atoms with van der Waals surface area (Å²) in [5.41, 5.74) is 2.71. The van der Waals surface area contributed by atoms with E-state index in [1.54, 1.807) is 6.26 Å². The number of furan rings is 1. The second kappa shape index (κ2) is 4.67. The summed E-state index contributed by atoms with van der Waals surface area (Å²) in [7, 11) is 0. The van der Waals surface area contributed by atoms with Gasteiger partial charge < -0.3 is 4.42 Å². The van der Waals surface area contributed by atoms with E-state index in [1.165, 1.54) is 11.1 Å². The Kier molecular flexibility index (Phi) is 2.87. The fraction of sp³-hybridized carbons (Fsp3) is 0.267. The van der Waals surface area contributed by atoms with Crippen molar-refractivity contribution in [1.29, 1.82) is 5.26 Å². The number of fused-ring (bicyclic) bond motifs is 1. The molecule has 1 aliphatic rings. The number of nitrogens with zero attached hydrogens (tertiary/aromatic N) is 2. The second-order valence-corrected chi connectivity index (χ2v) is 4.54. The van der Waals surface area contributed by atoms with Gasteiger partial charge in [-0.25, -0.2) is 0 Å². The average Bonchev–Trinajstić information content (AvgIpc) is 2.93. The van der Waals surface area contributed by atoms with Crippen molar-refractivity contribution in [3.8, 4) is 6.07 Å². The van der Waals surface area contributed by atoms with Gasteiger partial charge in [0.1, 0.15) is 5.76 Å². The van der Waals surface area contributed by atoms with Gasteiger partial charge in [-0.3, -0.25) is 4.90 Å². The van der Waals surface area contributed by atoms with Crippen LogP contribution in [0.2, 0.25) is 0 Å². The quantitative estimate of drug-likeness (QED) is 0.807. The molecule has 0 saturated carbocycles. The molecule has 1 aromatic heterocycles. The van der Waals surface area contributed by atoms with Crippen LogP contribution in [0.5, 0.6) is 0 Å². The minimum atomic E-state index is -0.284. The first-order chi connectivity index (χ1) is 8.88. The van der Waals surface area contributed by atoms with Crippen molar-refractivity contribution in [2.24, 2.45) is 0 Å². The third-order valence-corrected chi connectivity index (χ3v) is 3.46. The lowest BCUT2D eigenvalue weighted by Crippen LogP contribution is -2.33. The Hall–Kier alpha value is -2.05. The summed E-state index contributed by atoms with van der Waals surface area (Å²) in [5, 5.41) is 9.35. The topological polar surface area (TPSA) is 40.2 Å². The van der Waals surface area contributed by atoms with Gasteiger partial charge in [0.2, 0.25) is 0 Å². The van der Waals surface area contributed by atoms with Gasteiger partial charge in [0.05, 0.1) is 12.3 Å². The van der Waals surface area contributed by atoms with Crippen LogP contribution in [0.3, 0.4) is 0 Å². The highest BCUT2D eigenvalue weighted by Gasteiger charge is 2.26. The van der Waals surface area contributed by atoms with Crippen molar-refractivity contribution in [3.05, 3.63) is 59.5 Å². The molecule has 0 radical (unpaired) electrons. The standard InChI is InChI=1S/C15H14N2O/c16-10-14(15-6-3-9-18-15)17-8-7-12-4-1-2-5-13(12)11-17/h1-6,9,14H,7-8,11H2/t14-/m0/s1. The Morgan fingerprint density at radius 2 is 2.00 bits per heavy atom. The first-order valence-corrected chi connectivity index (χ1v) is 6.12. The highest BCUT2D eigenvalue weighted by atomic mass is 16.3. The molecule has 1 aromatic carbocycles. The molecule has 18 heavy (non-hydrogen) atoms. The van der Waals surface area contributed by atoms with Crippen LogP contribution in [0.4, 0.5) is 0 Å². The van der Waals surface area contributed by atoms with Crippen molar-refractivity contribution >= 4 is 0 Å². The lowest BCUT2D eigenvalue weighted by atomic mass is 9.98. The van der Waals surface area contributed by atoms with E-state index in [-0.39, 0.29) is 6.04 Å². The van der Waals surface area contributed by atoms with E-state index in [9.17, 15) is 5.26 Å². The molecule has 1 atom stereocenters. The lowest BCUT2D eigenvalue weighted by Gasteiger charge is -2.31. The normalized spacial score (nSPS) is 16.8. The van der Waals surface area contributed by atoms with Crippen LogP contribution in [-0.4, -0.2) is 11.4 Å². The summed E-state index contributed by atoms with van der Waals surface area (Å²) in [6, 6.07) is 14.2. The molecule has 1 aliphatic heterocycles. The smallest absolute Gasteiger partial charge is 0.157 e. The Morgan fingerprint density at radius 3 is 2.72 bits per heavy atom. The summed E-state index contributed by atoms with van der Waals surface area (Å²) in [6.45, 7) is 1.71. The van der Waals surface area contributed by atoms with E-state index < -0.39 is 0 Å². The van der Waals surface area contributed by atoms with Crippen LogP contribution in [-0.2, 0) is 13.0 Å². The highest BCUT2D eigenvalue weighted by molar-refractivity contribution is 5.30. The number of rotatable bonds is 2. The van der Waals surface area contributed by atoms with Crippen LogP contribution >= 0.6 is 0 Å². The summed E-state index contributed by atoms with van der Waals surface area (Å²) < 4.78 is 5.36. The summed E-state index contributed by atoms with van der Waals surface area (Å²) >= 11 is 0. The first kappa shape index (κ1) is 11.1. The molecule has 0 bridgehead atoms. The molecule has 2 heterocycles. The van der Waals surface area contributed by atoms with E-state index >= 15 is 0 Å². The summed E-state index contributed by atoms with van der Waals surface area (Å²) in [6.07, 6.45) is 2.62. The average molecular weight is 238 g/mol. The zero-order valence-electron chi connectivity index (χ0n) is 10.0. The molecule has 0 spiro atoms. The van der Waals surface area contributed by atoms with Crippen molar-refractivity contribution < 1.29 is 4.42 Å². The number of benzene rings is 1. The molecule has 0 fully saturated rings. The van der Waals surface area contributed by atoms with Gasteiger partial charge in [-0.15, -0.1) is 0 Å². The molecule has 0 unspecified atom stereocenters. The SMILES string of the molecule is N#C[C@@H](c1ccco1)N1CCc2ccccc2C1. The third-order valence-electron chi connectivity index (χ3n) is 3.46. The maximum absolute atomic E-state index is 9.35. The van der Waals surface area contributed by atoms with Crippen molar-refractivity contribution in [3.63, 3.8) is 0 Å². The molecule has 0 N–H and O–H groups in total. The van der Waals surface area contributed by atoms with E-state index in [1.807, 2.05) is 12.1 Å². The summed E-state index contributed by atoms with van der Waals surface area (Å²) in [4.78, 5) is 2.17. The molecule has 0 aliphatic carbocycles. The zero-order chi connectivity index (χ0) is 12.4. The molecule has 3 nitrogen and oxygen atoms in total. The maximum atomic E-state index is 9.35. The van der Waals surface area contributed by atoms with Crippen LogP contribution in [0, 0.1) is 11.3 Å². The molecule has 3 heteroatoms. The van der Waals surface area contributed by atoms with Gasteiger partial charge in [0.15, 0.2) is 6.04 Å². The number of hydrogen-bond acceptors (Lipinski definition) is 3. The number of hydrogen-bond donors (Lipinski definition) is 0. The van der Waals surface area contributed by atoms with Crippen LogP contribution < -0.4 is 0 Å². The Bertz CT molecular complexity index is 568.